The molecule has 1 atom stereocenters. The first kappa shape index (κ1) is 9.92. The van der Waals surface area contributed by atoms with Crippen LogP contribution in [0.25, 0.3) is 0 Å². The van der Waals surface area contributed by atoms with Gasteiger partial charge in [0.1, 0.15) is 0 Å². The lowest BCUT2D eigenvalue weighted by Crippen LogP contribution is -2.11. The molecule has 0 saturated carbocycles. The van der Waals surface area contributed by atoms with Crippen molar-refractivity contribution in [2.24, 2.45) is 0 Å². The van der Waals surface area contributed by atoms with Crippen LogP contribution < -0.4 is 0 Å². The third kappa shape index (κ3) is 7.92. The Morgan fingerprint density at radius 3 is 2.70 bits per heavy atom. The smallest absolute Gasteiger partial charge is 0.0774 e. The molecule has 1 N–H and O–H groups in total. The van der Waals surface area contributed by atoms with E-state index in [0.717, 1.165) is 13.0 Å². The molecule has 0 aromatic carbocycles. The molecule has 1 radical (unpaired) electrons. The van der Waals surface area contributed by atoms with Crippen molar-refractivity contribution in [3.8, 4) is 0 Å². The van der Waals surface area contributed by atoms with Crippen molar-refractivity contribution in [1.29, 1.82) is 0 Å². The molecule has 0 aliphatic heterocycles. The molecule has 0 aliphatic rings. The van der Waals surface area contributed by atoms with E-state index in [9.17, 15) is 0 Å². The predicted molar refractivity (Wildman–Crippen MR) is 41.7 cm³/mol. The number of aliphatic hydroxyl groups excluding tert-OH is 1. The van der Waals surface area contributed by atoms with E-state index in [4.69, 9.17) is 9.84 Å². The number of unbranched alkanes of at least 4 members (excludes halogenated alkanes) is 2. The van der Waals surface area contributed by atoms with E-state index in [0.29, 0.717) is 6.61 Å². The Morgan fingerprint density at radius 2 is 2.20 bits per heavy atom. The maximum Gasteiger partial charge on any atom is 0.0774 e. The molecule has 0 aromatic rings. The molecule has 1 unspecified atom stereocenters. The highest BCUT2D eigenvalue weighted by atomic mass is 16.5. The third-order valence-electron chi connectivity index (χ3n) is 1.20. The Morgan fingerprint density at radius 1 is 1.50 bits per heavy atom. The maximum absolute atomic E-state index is 8.67. The fraction of sp³-hybridized carbons (Fsp3) is 0.875. The van der Waals surface area contributed by atoms with Gasteiger partial charge in [0.2, 0.25) is 0 Å². The van der Waals surface area contributed by atoms with Gasteiger partial charge in [-0.3, -0.25) is 0 Å². The Kier molecular flexibility index (Phi) is 6.98. The monoisotopic (exact) mass is 145 g/mol. The highest BCUT2D eigenvalue weighted by Crippen LogP contribution is 1.94. The number of hydrogen-bond acceptors (Lipinski definition) is 2. The zero-order chi connectivity index (χ0) is 7.82. The summed E-state index contributed by atoms with van der Waals surface area (Å²) in [6, 6.07) is 0. The Balaban J connectivity index is 2.77. The van der Waals surface area contributed by atoms with Gasteiger partial charge in [0.25, 0.3) is 0 Å². The second-order valence-corrected chi connectivity index (χ2v) is 2.44. The first-order valence-corrected chi connectivity index (χ1v) is 3.86. The average molecular weight is 145 g/mol. The lowest BCUT2D eigenvalue weighted by Gasteiger charge is -2.04. The molecule has 10 heavy (non-hydrogen) atoms. The van der Waals surface area contributed by atoms with Crippen molar-refractivity contribution in [3.05, 3.63) is 6.92 Å². The molecule has 0 saturated heterocycles. The minimum Gasteiger partial charge on any atom is -0.391 e. The van der Waals surface area contributed by atoms with E-state index in [2.05, 4.69) is 13.8 Å². The number of aliphatic hydroxyl groups is 1. The van der Waals surface area contributed by atoms with E-state index >= 15 is 0 Å². The first-order chi connectivity index (χ1) is 4.77. The zero-order valence-electron chi connectivity index (χ0n) is 6.68. The Labute approximate surface area is 63.2 Å². The number of rotatable bonds is 6. The largest absolute Gasteiger partial charge is 0.391 e. The minimum atomic E-state index is -0.568. The second-order valence-electron chi connectivity index (χ2n) is 2.44. The van der Waals surface area contributed by atoms with Crippen LogP contribution in [0.2, 0.25) is 0 Å². The van der Waals surface area contributed by atoms with Crippen LogP contribution in [-0.2, 0) is 4.74 Å². The summed E-state index contributed by atoms with van der Waals surface area (Å²) in [7, 11) is 0. The molecule has 0 fully saturated rings. The Bertz CT molecular complexity index is 62.3. The average Bonchev–Trinajstić information content (AvgIpc) is 1.87. The second kappa shape index (κ2) is 7.03. The van der Waals surface area contributed by atoms with Crippen molar-refractivity contribution >= 4 is 0 Å². The summed E-state index contributed by atoms with van der Waals surface area (Å²) < 4.78 is 5.08. The van der Waals surface area contributed by atoms with Gasteiger partial charge >= 0.3 is 0 Å². The zero-order valence-corrected chi connectivity index (χ0v) is 6.68. The van der Waals surface area contributed by atoms with Crippen molar-refractivity contribution in [1.82, 2.24) is 0 Å². The molecule has 0 aliphatic carbocycles. The van der Waals surface area contributed by atoms with Crippen LogP contribution >= 0.6 is 0 Å². The molecule has 0 rings (SSSR count). The van der Waals surface area contributed by atoms with Gasteiger partial charge in [-0.15, -0.1) is 0 Å². The van der Waals surface area contributed by atoms with Crippen molar-refractivity contribution < 1.29 is 9.84 Å². The van der Waals surface area contributed by atoms with Gasteiger partial charge in [0.15, 0.2) is 0 Å². The highest BCUT2D eigenvalue weighted by Gasteiger charge is 1.93. The fourth-order valence-electron chi connectivity index (χ4n) is 0.673. The number of hydrogen-bond donors (Lipinski definition) is 1. The SMILES string of the molecule is [CH2]C(O)COCCCCC. The van der Waals surface area contributed by atoms with Gasteiger partial charge in [-0.1, -0.05) is 19.8 Å². The van der Waals surface area contributed by atoms with Gasteiger partial charge in [-0.05, 0) is 13.3 Å². The fourth-order valence-corrected chi connectivity index (χ4v) is 0.673. The van der Waals surface area contributed by atoms with Crippen molar-refractivity contribution in [3.63, 3.8) is 0 Å². The van der Waals surface area contributed by atoms with Crippen LogP contribution in [0.3, 0.4) is 0 Å². The van der Waals surface area contributed by atoms with Gasteiger partial charge in [0.05, 0.1) is 12.7 Å². The van der Waals surface area contributed by atoms with Crippen LogP contribution in [0.1, 0.15) is 26.2 Å². The first-order valence-electron chi connectivity index (χ1n) is 3.86. The van der Waals surface area contributed by atoms with Crippen LogP contribution in [-0.4, -0.2) is 24.4 Å². The molecular formula is C8H17O2. The lowest BCUT2D eigenvalue weighted by molar-refractivity contribution is 0.0565. The molecular weight excluding hydrogens is 128 g/mol. The molecule has 0 bridgehead atoms. The van der Waals surface area contributed by atoms with E-state index in [1.54, 1.807) is 0 Å². The molecule has 2 nitrogen and oxygen atoms in total. The quantitative estimate of drug-likeness (QED) is 0.572. The van der Waals surface area contributed by atoms with Crippen LogP contribution in [0, 0.1) is 6.92 Å². The third-order valence-corrected chi connectivity index (χ3v) is 1.20. The summed E-state index contributed by atoms with van der Waals surface area (Å²) in [4.78, 5) is 0. The highest BCUT2D eigenvalue weighted by molar-refractivity contribution is 4.52. The molecule has 0 aromatic heterocycles. The maximum atomic E-state index is 8.67. The standard InChI is InChI=1S/C8H17O2/c1-3-4-5-6-10-7-8(2)9/h8-9H,2-7H2,1H3. The summed E-state index contributed by atoms with van der Waals surface area (Å²) in [6.07, 6.45) is 2.92. The van der Waals surface area contributed by atoms with Gasteiger partial charge in [-0.25, -0.2) is 0 Å². The van der Waals surface area contributed by atoms with E-state index in [1.165, 1.54) is 12.8 Å². The molecule has 0 amide bonds. The van der Waals surface area contributed by atoms with Gasteiger partial charge < -0.3 is 9.84 Å². The normalized spacial score (nSPS) is 13.5. The van der Waals surface area contributed by atoms with Crippen molar-refractivity contribution in [2.75, 3.05) is 13.2 Å². The summed E-state index contributed by atoms with van der Waals surface area (Å²) in [5.41, 5.74) is 0. The minimum absolute atomic E-state index is 0.365. The van der Waals surface area contributed by atoms with Crippen LogP contribution in [0.5, 0.6) is 0 Å². The van der Waals surface area contributed by atoms with Crippen LogP contribution in [0.4, 0.5) is 0 Å². The lowest BCUT2D eigenvalue weighted by atomic mass is 10.3. The van der Waals surface area contributed by atoms with Gasteiger partial charge in [0, 0.05) is 6.61 Å². The molecule has 61 valence electrons. The summed E-state index contributed by atoms with van der Waals surface area (Å²) >= 11 is 0. The topological polar surface area (TPSA) is 29.5 Å². The van der Waals surface area contributed by atoms with Crippen molar-refractivity contribution in [2.45, 2.75) is 32.3 Å². The summed E-state index contributed by atoms with van der Waals surface area (Å²) in [6.45, 7) is 6.65. The summed E-state index contributed by atoms with van der Waals surface area (Å²) in [5.74, 6) is 0. The number of ether oxygens (including phenoxy) is 1. The Hall–Kier alpha value is -0.0800. The molecule has 0 heterocycles. The van der Waals surface area contributed by atoms with Crippen LogP contribution in [0.15, 0.2) is 0 Å². The van der Waals surface area contributed by atoms with Gasteiger partial charge in [-0.2, -0.15) is 0 Å². The predicted octanol–water partition coefficient (Wildman–Crippen LogP) is 1.39. The summed E-state index contributed by atoms with van der Waals surface area (Å²) in [5, 5.41) is 8.67. The van der Waals surface area contributed by atoms with E-state index in [-0.39, 0.29) is 0 Å². The van der Waals surface area contributed by atoms with E-state index < -0.39 is 6.10 Å². The molecule has 0 spiro atoms. The van der Waals surface area contributed by atoms with E-state index in [1.807, 2.05) is 0 Å². The molecule has 2 heteroatoms.